The standard InChI is InChI=1S/C15H21NO4/c1-19-12-4-3-7-16(10-12)9-11-5-6-13(15(17)18)14(8-11)20-2/h5-6,8,12H,3-4,7,9-10H2,1-2H3,(H,17,18). The summed E-state index contributed by atoms with van der Waals surface area (Å²) in [4.78, 5) is 13.4. The lowest BCUT2D eigenvalue weighted by Crippen LogP contribution is -2.38. The second-order valence-corrected chi connectivity index (χ2v) is 5.07. The third-order valence-electron chi connectivity index (χ3n) is 3.70. The van der Waals surface area contributed by atoms with Crippen LogP contribution >= 0.6 is 0 Å². The molecule has 0 spiro atoms. The van der Waals surface area contributed by atoms with Crippen LogP contribution in [0.5, 0.6) is 5.75 Å². The van der Waals surface area contributed by atoms with Crippen LogP contribution in [0.1, 0.15) is 28.8 Å². The van der Waals surface area contributed by atoms with Gasteiger partial charge in [0.05, 0.1) is 13.2 Å². The molecule has 0 radical (unpaired) electrons. The summed E-state index contributed by atoms with van der Waals surface area (Å²) in [6, 6.07) is 5.26. The lowest BCUT2D eigenvalue weighted by molar-refractivity contribution is 0.0285. The van der Waals surface area contributed by atoms with Crippen molar-refractivity contribution in [1.82, 2.24) is 4.90 Å². The van der Waals surface area contributed by atoms with Crippen molar-refractivity contribution in [3.63, 3.8) is 0 Å². The zero-order valence-corrected chi connectivity index (χ0v) is 12.0. The van der Waals surface area contributed by atoms with Crippen molar-refractivity contribution in [2.45, 2.75) is 25.5 Å². The Bertz CT molecular complexity index is 475. The van der Waals surface area contributed by atoms with Crippen LogP contribution in [0.4, 0.5) is 0 Å². The quantitative estimate of drug-likeness (QED) is 0.893. The smallest absolute Gasteiger partial charge is 0.339 e. The van der Waals surface area contributed by atoms with Crippen molar-refractivity contribution in [3.05, 3.63) is 29.3 Å². The number of hydrogen-bond donors (Lipinski definition) is 1. The van der Waals surface area contributed by atoms with Crippen molar-refractivity contribution in [3.8, 4) is 5.75 Å². The van der Waals surface area contributed by atoms with E-state index in [1.54, 1.807) is 19.2 Å². The number of carboxylic acids is 1. The molecule has 1 heterocycles. The van der Waals surface area contributed by atoms with Gasteiger partial charge in [0.2, 0.25) is 0 Å². The molecule has 0 aliphatic carbocycles. The molecule has 0 amide bonds. The van der Waals surface area contributed by atoms with Crippen molar-refractivity contribution >= 4 is 5.97 Å². The van der Waals surface area contributed by atoms with Gasteiger partial charge in [0.1, 0.15) is 11.3 Å². The predicted molar refractivity (Wildman–Crippen MR) is 75.3 cm³/mol. The number of hydrogen-bond acceptors (Lipinski definition) is 4. The molecule has 5 nitrogen and oxygen atoms in total. The summed E-state index contributed by atoms with van der Waals surface area (Å²) in [5, 5.41) is 9.07. The molecule has 1 atom stereocenters. The van der Waals surface area contributed by atoms with E-state index in [9.17, 15) is 4.79 Å². The molecule has 5 heteroatoms. The summed E-state index contributed by atoms with van der Waals surface area (Å²) >= 11 is 0. The number of ether oxygens (including phenoxy) is 2. The van der Waals surface area contributed by atoms with Gasteiger partial charge in [0, 0.05) is 20.2 Å². The van der Waals surface area contributed by atoms with E-state index < -0.39 is 5.97 Å². The van der Waals surface area contributed by atoms with Gasteiger partial charge in [-0.05, 0) is 37.1 Å². The number of nitrogens with zero attached hydrogens (tertiary/aromatic N) is 1. The lowest BCUT2D eigenvalue weighted by atomic mass is 10.1. The molecule has 1 aromatic carbocycles. The van der Waals surface area contributed by atoms with E-state index in [4.69, 9.17) is 14.6 Å². The Labute approximate surface area is 119 Å². The zero-order chi connectivity index (χ0) is 14.5. The molecule has 1 saturated heterocycles. The fourth-order valence-electron chi connectivity index (χ4n) is 2.62. The number of likely N-dealkylation sites (tertiary alicyclic amines) is 1. The monoisotopic (exact) mass is 279 g/mol. The molecular weight excluding hydrogens is 258 g/mol. The average Bonchev–Trinajstić information content (AvgIpc) is 2.47. The van der Waals surface area contributed by atoms with Gasteiger partial charge < -0.3 is 14.6 Å². The van der Waals surface area contributed by atoms with E-state index >= 15 is 0 Å². The third-order valence-corrected chi connectivity index (χ3v) is 3.70. The molecule has 20 heavy (non-hydrogen) atoms. The molecule has 0 saturated carbocycles. The van der Waals surface area contributed by atoms with Gasteiger partial charge in [0.15, 0.2) is 0 Å². The second-order valence-electron chi connectivity index (χ2n) is 5.07. The van der Waals surface area contributed by atoms with Gasteiger partial charge >= 0.3 is 5.97 Å². The molecule has 1 unspecified atom stereocenters. The van der Waals surface area contributed by atoms with Crippen LogP contribution in [0.25, 0.3) is 0 Å². The molecule has 1 aromatic rings. The van der Waals surface area contributed by atoms with E-state index in [2.05, 4.69) is 4.90 Å². The Morgan fingerprint density at radius 2 is 2.25 bits per heavy atom. The number of rotatable bonds is 5. The SMILES string of the molecule is COc1cc(CN2CCCC(OC)C2)ccc1C(=O)O. The maximum absolute atomic E-state index is 11.1. The summed E-state index contributed by atoms with van der Waals surface area (Å²) in [5.74, 6) is -0.555. The largest absolute Gasteiger partial charge is 0.496 e. The molecule has 1 fully saturated rings. The number of carboxylic acid groups (broad SMARTS) is 1. The average molecular weight is 279 g/mol. The van der Waals surface area contributed by atoms with Crippen molar-refractivity contribution in [2.24, 2.45) is 0 Å². The van der Waals surface area contributed by atoms with Crippen molar-refractivity contribution in [2.75, 3.05) is 27.3 Å². The number of carbonyl (C=O) groups is 1. The summed E-state index contributed by atoms with van der Waals surface area (Å²) in [6.45, 7) is 2.75. The minimum atomic E-state index is -0.967. The van der Waals surface area contributed by atoms with Gasteiger partial charge in [-0.2, -0.15) is 0 Å². The second kappa shape index (κ2) is 6.72. The highest BCUT2D eigenvalue weighted by Gasteiger charge is 2.20. The Kier molecular flexibility index (Phi) is 4.98. The Hall–Kier alpha value is -1.59. The number of piperidine rings is 1. The minimum Gasteiger partial charge on any atom is -0.496 e. The van der Waals surface area contributed by atoms with Gasteiger partial charge in [-0.1, -0.05) is 6.07 Å². The summed E-state index contributed by atoms with van der Waals surface area (Å²) in [6.07, 6.45) is 2.53. The Morgan fingerprint density at radius 1 is 1.45 bits per heavy atom. The van der Waals surface area contributed by atoms with Crippen LogP contribution in [0.15, 0.2) is 18.2 Å². The van der Waals surface area contributed by atoms with Crippen molar-refractivity contribution in [1.29, 1.82) is 0 Å². The Balaban J connectivity index is 2.07. The predicted octanol–water partition coefficient (Wildman–Crippen LogP) is 2.00. The number of benzene rings is 1. The maximum atomic E-state index is 11.1. The summed E-state index contributed by atoms with van der Waals surface area (Å²) in [5.41, 5.74) is 1.26. The number of methoxy groups -OCH3 is 2. The minimum absolute atomic E-state index is 0.199. The highest BCUT2D eigenvalue weighted by atomic mass is 16.5. The molecule has 0 bridgehead atoms. The molecular formula is C15H21NO4. The molecule has 1 aliphatic rings. The van der Waals surface area contributed by atoms with Gasteiger partial charge in [-0.3, -0.25) is 4.90 Å². The van der Waals surface area contributed by atoms with E-state index in [0.29, 0.717) is 11.9 Å². The van der Waals surface area contributed by atoms with Gasteiger partial charge in [0.25, 0.3) is 0 Å². The Morgan fingerprint density at radius 3 is 2.90 bits per heavy atom. The van der Waals surface area contributed by atoms with Gasteiger partial charge in [-0.25, -0.2) is 4.79 Å². The fourth-order valence-corrected chi connectivity index (χ4v) is 2.62. The lowest BCUT2D eigenvalue weighted by Gasteiger charge is -2.31. The normalized spacial score (nSPS) is 19.8. The molecule has 110 valence electrons. The molecule has 1 N–H and O–H groups in total. The van der Waals surface area contributed by atoms with Crippen LogP contribution in [-0.4, -0.2) is 49.4 Å². The first-order chi connectivity index (χ1) is 9.63. The van der Waals surface area contributed by atoms with E-state index in [1.165, 1.54) is 7.11 Å². The first-order valence-corrected chi connectivity index (χ1v) is 6.79. The molecule has 1 aliphatic heterocycles. The van der Waals surface area contributed by atoms with E-state index in [-0.39, 0.29) is 5.56 Å². The summed E-state index contributed by atoms with van der Waals surface area (Å²) < 4.78 is 10.6. The van der Waals surface area contributed by atoms with E-state index in [0.717, 1.165) is 38.0 Å². The van der Waals surface area contributed by atoms with Crippen LogP contribution < -0.4 is 4.74 Å². The zero-order valence-electron chi connectivity index (χ0n) is 12.0. The van der Waals surface area contributed by atoms with Crippen LogP contribution in [-0.2, 0) is 11.3 Å². The van der Waals surface area contributed by atoms with E-state index in [1.807, 2.05) is 6.07 Å². The van der Waals surface area contributed by atoms with Crippen LogP contribution in [0, 0.1) is 0 Å². The maximum Gasteiger partial charge on any atom is 0.339 e. The fraction of sp³-hybridized carbons (Fsp3) is 0.533. The first kappa shape index (κ1) is 14.8. The topological polar surface area (TPSA) is 59.0 Å². The molecule has 2 rings (SSSR count). The number of aromatic carboxylic acids is 1. The highest BCUT2D eigenvalue weighted by molar-refractivity contribution is 5.90. The van der Waals surface area contributed by atoms with Gasteiger partial charge in [-0.15, -0.1) is 0 Å². The third kappa shape index (κ3) is 3.49. The first-order valence-electron chi connectivity index (χ1n) is 6.79. The van der Waals surface area contributed by atoms with Crippen LogP contribution in [0.2, 0.25) is 0 Å². The summed E-state index contributed by atoms with van der Waals surface area (Å²) in [7, 11) is 3.24. The van der Waals surface area contributed by atoms with Crippen molar-refractivity contribution < 1.29 is 19.4 Å². The highest BCUT2D eigenvalue weighted by Crippen LogP contribution is 2.22. The van der Waals surface area contributed by atoms with Crippen LogP contribution in [0.3, 0.4) is 0 Å². The molecule has 0 aromatic heterocycles.